The molecule has 0 radical (unpaired) electrons. The van der Waals surface area contributed by atoms with Crippen molar-refractivity contribution in [3.8, 4) is 0 Å². The van der Waals surface area contributed by atoms with E-state index >= 15 is 0 Å². The van der Waals surface area contributed by atoms with Gasteiger partial charge in [-0.2, -0.15) is 0 Å². The Hall–Kier alpha value is -0.610. The van der Waals surface area contributed by atoms with Gasteiger partial charge in [0.15, 0.2) is 6.29 Å². The van der Waals surface area contributed by atoms with Gasteiger partial charge in [-0.15, -0.1) is 0 Å². The lowest BCUT2D eigenvalue weighted by atomic mass is 10.0. The van der Waals surface area contributed by atoms with Gasteiger partial charge in [-0.05, 0) is 13.3 Å². The van der Waals surface area contributed by atoms with E-state index in [1.807, 2.05) is 13.8 Å². The number of hydrogen-bond donors (Lipinski definition) is 0. The molecule has 2 unspecified atom stereocenters. The molecule has 1 saturated heterocycles. The maximum Gasteiger partial charge on any atom is 0.305 e. The van der Waals surface area contributed by atoms with E-state index in [1.165, 1.54) is 12.8 Å². The maximum absolute atomic E-state index is 11.3. The topological polar surface area (TPSA) is 44.8 Å². The lowest BCUT2D eigenvalue weighted by Gasteiger charge is -2.34. The summed E-state index contributed by atoms with van der Waals surface area (Å²) in [5, 5.41) is 0. The van der Waals surface area contributed by atoms with E-state index in [0.717, 1.165) is 19.6 Å². The third-order valence-electron chi connectivity index (χ3n) is 3.73. The maximum atomic E-state index is 11.3. The summed E-state index contributed by atoms with van der Waals surface area (Å²) in [4.78, 5) is 11.3. The molecule has 1 fully saturated rings. The standard InChI is InChI=1S/C15H28O4/c1-5-7-8-13-9-17-15(18-10-13)11(3)12(4)19-14(16)6-2/h11-13,15H,5-10H2,1-4H3. The van der Waals surface area contributed by atoms with E-state index in [4.69, 9.17) is 14.2 Å². The van der Waals surface area contributed by atoms with Crippen molar-refractivity contribution in [1.29, 1.82) is 0 Å². The number of carbonyl (C=O) groups is 1. The fraction of sp³-hybridized carbons (Fsp3) is 0.933. The lowest BCUT2D eigenvalue weighted by molar-refractivity contribution is -0.236. The van der Waals surface area contributed by atoms with E-state index < -0.39 is 0 Å². The summed E-state index contributed by atoms with van der Waals surface area (Å²) in [5.41, 5.74) is 0. The second-order valence-corrected chi connectivity index (χ2v) is 5.45. The first-order chi connectivity index (χ1) is 9.08. The van der Waals surface area contributed by atoms with Crippen LogP contribution >= 0.6 is 0 Å². The summed E-state index contributed by atoms with van der Waals surface area (Å²) in [7, 11) is 0. The predicted molar refractivity (Wildman–Crippen MR) is 73.7 cm³/mol. The highest BCUT2D eigenvalue weighted by Gasteiger charge is 2.31. The summed E-state index contributed by atoms with van der Waals surface area (Å²) in [5.74, 6) is 0.399. The van der Waals surface area contributed by atoms with Crippen LogP contribution < -0.4 is 0 Å². The zero-order chi connectivity index (χ0) is 14.3. The number of rotatable bonds is 7. The van der Waals surface area contributed by atoms with E-state index in [0.29, 0.717) is 12.3 Å². The normalized spacial score (nSPS) is 26.7. The van der Waals surface area contributed by atoms with Gasteiger partial charge in [0.2, 0.25) is 0 Å². The fourth-order valence-electron chi connectivity index (χ4n) is 2.14. The molecule has 0 aromatic heterocycles. The van der Waals surface area contributed by atoms with Crippen molar-refractivity contribution in [3.05, 3.63) is 0 Å². The summed E-state index contributed by atoms with van der Waals surface area (Å²) in [6, 6.07) is 0. The Morgan fingerprint density at radius 1 is 1.26 bits per heavy atom. The number of unbranched alkanes of at least 4 members (excludes halogenated alkanes) is 1. The highest BCUT2D eigenvalue weighted by atomic mass is 16.7. The molecular formula is C15H28O4. The minimum atomic E-state index is -0.252. The Bertz CT molecular complexity index is 259. The van der Waals surface area contributed by atoms with Crippen LogP contribution in [0, 0.1) is 11.8 Å². The molecule has 1 heterocycles. The minimum absolute atomic E-state index is 0.0580. The van der Waals surface area contributed by atoms with Gasteiger partial charge in [-0.3, -0.25) is 4.79 Å². The van der Waals surface area contributed by atoms with Crippen molar-refractivity contribution in [2.45, 2.75) is 65.8 Å². The Kier molecular flexibility index (Phi) is 7.39. The van der Waals surface area contributed by atoms with Crippen LogP contribution in [0.3, 0.4) is 0 Å². The molecule has 0 N–H and O–H groups in total. The van der Waals surface area contributed by atoms with Gasteiger partial charge in [0.25, 0.3) is 0 Å². The van der Waals surface area contributed by atoms with E-state index in [-0.39, 0.29) is 24.3 Å². The van der Waals surface area contributed by atoms with Gasteiger partial charge in [-0.1, -0.05) is 33.6 Å². The molecule has 4 nitrogen and oxygen atoms in total. The van der Waals surface area contributed by atoms with Crippen LogP contribution in [-0.4, -0.2) is 31.6 Å². The molecule has 0 aliphatic carbocycles. The molecule has 112 valence electrons. The first-order valence-corrected chi connectivity index (χ1v) is 7.51. The van der Waals surface area contributed by atoms with Crippen molar-refractivity contribution in [2.24, 2.45) is 11.8 Å². The van der Waals surface area contributed by atoms with E-state index in [9.17, 15) is 4.79 Å². The van der Waals surface area contributed by atoms with Crippen LogP contribution in [0.15, 0.2) is 0 Å². The zero-order valence-corrected chi connectivity index (χ0v) is 12.7. The van der Waals surface area contributed by atoms with Gasteiger partial charge >= 0.3 is 5.97 Å². The van der Waals surface area contributed by atoms with Crippen molar-refractivity contribution in [2.75, 3.05) is 13.2 Å². The van der Waals surface area contributed by atoms with Gasteiger partial charge in [0.1, 0.15) is 6.10 Å². The van der Waals surface area contributed by atoms with Crippen molar-refractivity contribution < 1.29 is 19.0 Å². The third kappa shape index (κ3) is 5.49. The van der Waals surface area contributed by atoms with Crippen molar-refractivity contribution in [1.82, 2.24) is 0 Å². The highest BCUT2D eigenvalue weighted by molar-refractivity contribution is 5.69. The van der Waals surface area contributed by atoms with E-state index in [2.05, 4.69) is 6.92 Å². The van der Waals surface area contributed by atoms with Gasteiger partial charge in [0.05, 0.1) is 13.2 Å². The molecule has 1 aliphatic rings. The second-order valence-electron chi connectivity index (χ2n) is 5.45. The van der Waals surface area contributed by atoms with Gasteiger partial charge in [0, 0.05) is 18.3 Å². The Labute approximate surface area is 116 Å². The average Bonchev–Trinajstić information content (AvgIpc) is 2.44. The highest BCUT2D eigenvalue weighted by Crippen LogP contribution is 2.24. The fourth-order valence-corrected chi connectivity index (χ4v) is 2.14. The van der Waals surface area contributed by atoms with Crippen LogP contribution in [0.25, 0.3) is 0 Å². The van der Waals surface area contributed by atoms with Crippen LogP contribution in [-0.2, 0) is 19.0 Å². The average molecular weight is 272 g/mol. The smallest absolute Gasteiger partial charge is 0.305 e. The quantitative estimate of drug-likeness (QED) is 0.668. The summed E-state index contributed by atoms with van der Waals surface area (Å²) in [6.07, 6.45) is 3.57. The van der Waals surface area contributed by atoms with Crippen LogP contribution in [0.4, 0.5) is 0 Å². The lowest BCUT2D eigenvalue weighted by Crippen LogP contribution is -2.40. The molecule has 19 heavy (non-hydrogen) atoms. The molecule has 0 saturated carbocycles. The molecular weight excluding hydrogens is 244 g/mol. The molecule has 0 spiro atoms. The van der Waals surface area contributed by atoms with Gasteiger partial charge in [-0.25, -0.2) is 0 Å². The van der Waals surface area contributed by atoms with Crippen LogP contribution in [0.2, 0.25) is 0 Å². The molecule has 1 aliphatic heterocycles. The second kappa shape index (κ2) is 8.54. The number of carbonyl (C=O) groups excluding carboxylic acids is 1. The summed E-state index contributed by atoms with van der Waals surface area (Å²) < 4.78 is 16.9. The Morgan fingerprint density at radius 3 is 2.42 bits per heavy atom. The molecule has 2 atom stereocenters. The first-order valence-electron chi connectivity index (χ1n) is 7.51. The van der Waals surface area contributed by atoms with E-state index in [1.54, 1.807) is 6.92 Å². The summed E-state index contributed by atoms with van der Waals surface area (Å²) >= 11 is 0. The molecule has 0 aromatic rings. The number of esters is 1. The predicted octanol–water partition coefficient (Wildman–Crippen LogP) is 3.14. The minimum Gasteiger partial charge on any atom is -0.462 e. The van der Waals surface area contributed by atoms with Crippen molar-refractivity contribution in [3.63, 3.8) is 0 Å². The molecule has 0 amide bonds. The Balaban J connectivity index is 2.31. The molecule has 0 aromatic carbocycles. The zero-order valence-electron chi connectivity index (χ0n) is 12.7. The van der Waals surface area contributed by atoms with Crippen LogP contribution in [0.1, 0.15) is 53.4 Å². The van der Waals surface area contributed by atoms with Crippen LogP contribution in [0.5, 0.6) is 0 Å². The van der Waals surface area contributed by atoms with Crippen molar-refractivity contribution >= 4 is 5.97 Å². The summed E-state index contributed by atoms with van der Waals surface area (Å²) in [6.45, 7) is 9.40. The largest absolute Gasteiger partial charge is 0.462 e. The number of ether oxygens (including phenoxy) is 3. The molecule has 1 rings (SSSR count). The molecule has 0 bridgehead atoms. The molecule has 4 heteroatoms. The first kappa shape index (κ1) is 16.4. The SMILES string of the molecule is CCCCC1COC(C(C)C(C)OC(=O)CC)OC1. The number of hydrogen-bond acceptors (Lipinski definition) is 4. The van der Waals surface area contributed by atoms with Gasteiger partial charge < -0.3 is 14.2 Å². The Morgan fingerprint density at radius 2 is 1.89 bits per heavy atom. The monoisotopic (exact) mass is 272 g/mol. The third-order valence-corrected chi connectivity index (χ3v) is 3.73.